The fraction of sp³-hybridized carbons (Fsp3) is 0.250. The number of benzene rings is 1. The van der Waals surface area contributed by atoms with E-state index in [1.807, 2.05) is 0 Å². The summed E-state index contributed by atoms with van der Waals surface area (Å²) in [6.07, 6.45) is 0.213. The number of aliphatic hydroxyl groups excluding tert-OH is 1. The SMILES string of the molecule is OCCc1cccc(F)c1B(O)O. The van der Waals surface area contributed by atoms with Gasteiger partial charge in [-0.1, -0.05) is 12.1 Å². The molecule has 0 bridgehead atoms. The molecule has 0 amide bonds. The molecule has 0 aliphatic heterocycles. The molecule has 0 radical (unpaired) electrons. The van der Waals surface area contributed by atoms with Crippen molar-refractivity contribution in [2.24, 2.45) is 0 Å². The van der Waals surface area contributed by atoms with E-state index in [1.165, 1.54) is 6.07 Å². The highest BCUT2D eigenvalue weighted by Gasteiger charge is 2.19. The lowest BCUT2D eigenvalue weighted by atomic mass is 9.76. The third-order valence-electron chi connectivity index (χ3n) is 1.78. The Morgan fingerprint density at radius 1 is 1.31 bits per heavy atom. The lowest BCUT2D eigenvalue weighted by Gasteiger charge is -2.07. The lowest BCUT2D eigenvalue weighted by Crippen LogP contribution is -2.36. The summed E-state index contributed by atoms with van der Waals surface area (Å²) in [6, 6.07) is 4.16. The second-order valence-corrected chi connectivity index (χ2v) is 2.66. The predicted molar refractivity (Wildman–Crippen MR) is 47.0 cm³/mol. The third-order valence-corrected chi connectivity index (χ3v) is 1.78. The Kier molecular flexibility index (Phi) is 3.42. The Balaban J connectivity index is 3.10. The summed E-state index contributed by atoms with van der Waals surface area (Å²) in [5.41, 5.74) is 0.258. The van der Waals surface area contributed by atoms with Crippen molar-refractivity contribution in [2.45, 2.75) is 6.42 Å². The van der Waals surface area contributed by atoms with E-state index in [0.29, 0.717) is 5.56 Å². The average Bonchev–Trinajstić information content (AvgIpc) is 2.04. The van der Waals surface area contributed by atoms with E-state index in [2.05, 4.69) is 0 Å². The molecule has 0 unspecified atom stereocenters. The van der Waals surface area contributed by atoms with Gasteiger partial charge in [0.1, 0.15) is 5.82 Å². The molecule has 3 N–H and O–H groups in total. The number of hydrogen-bond acceptors (Lipinski definition) is 3. The number of halogens is 1. The minimum atomic E-state index is -1.83. The molecule has 1 rings (SSSR count). The first-order chi connectivity index (χ1) is 6.16. The van der Waals surface area contributed by atoms with Crippen LogP contribution in [-0.2, 0) is 6.42 Å². The van der Waals surface area contributed by atoms with Gasteiger partial charge in [-0.3, -0.25) is 0 Å². The summed E-state index contributed by atoms with van der Waals surface area (Å²) in [6.45, 7) is -0.150. The Bertz CT molecular complexity index is 291. The zero-order chi connectivity index (χ0) is 9.84. The standard InChI is InChI=1S/C8H10BFO3/c10-7-3-1-2-6(4-5-11)8(7)9(12)13/h1-3,11-13H,4-5H2. The largest absolute Gasteiger partial charge is 0.491 e. The number of aliphatic hydroxyl groups is 1. The number of rotatable bonds is 3. The van der Waals surface area contributed by atoms with E-state index in [9.17, 15) is 4.39 Å². The van der Waals surface area contributed by atoms with Crippen LogP contribution in [0, 0.1) is 5.82 Å². The summed E-state index contributed by atoms with van der Waals surface area (Å²) in [5.74, 6) is -0.666. The molecule has 0 fully saturated rings. The first kappa shape index (κ1) is 10.2. The van der Waals surface area contributed by atoms with Gasteiger partial charge in [-0.05, 0) is 18.1 Å². The summed E-state index contributed by atoms with van der Waals surface area (Å²) in [4.78, 5) is 0. The Morgan fingerprint density at radius 2 is 2.00 bits per heavy atom. The van der Waals surface area contributed by atoms with E-state index >= 15 is 0 Å². The van der Waals surface area contributed by atoms with Crippen LogP contribution < -0.4 is 5.46 Å². The maximum Gasteiger partial charge on any atom is 0.491 e. The van der Waals surface area contributed by atoms with Gasteiger partial charge in [0.25, 0.3) is 0 Å². The molecule has 70 valence electrons. The van der Waals surface area contributed by atoms with Crippen molar-refractivity contribution >= 4 is 12.6 Å². The van der Waals surface area contributed by atoms with Gasteiger partial charge >= 0.3 is 7.12 Å². The maximum absolute atomic E-state index is 13.0. The molecule has 0 aromatic heterocycles. The first-order valence-electron chi connectivity index (χ1n) is 3.91. The van der Waals surface area contributed by atoms with E-state index in [-0.39, 0.29) is 18.5 Å². The topological polar surface area (TPSA) is 60.7 Å². The molecule has 0 heterocycles. The van der Waals surface area contributed by atoms with Gasteiger partial charge in [0.15, 0.2) is 0 Å². The van der Waals surface area contributed by atoms with Crippen molar-refractivity contribution in [3.63, 3.8) is 0 Å². The lowest BCUT2D eigenvalue weighted by molar-refractivity contribution is 0.299. The Hall–Kier alpha value is -0.905. The molecule has 0 aliphatic rings. The quantitative estimate of drug-likeness (QED) is 0.530. The van der Waals surface area contributed by atoms with Crippen LogP contribution in [0.25, 0.3) is 0 Å². The molecule has 1 aromatic rings. The molecule has 0 aliphatic carbocycles. The van der Waals surface area contributed by atoms with Crippen LogP contribution in [0.5, 0.6) is 0 Å². The highest BCUT2D eigenvalue weighted by molar-refractivity contribution is 6.59. The van der Waals surface area contributed by atoms with Gasteiger partial charge in [-0.15, -0.1) is 0 Å². The zero-order valence-corrected chi connectivity index (χ0v) is 6.94. The van der Waals surface area contributed by atoms with E-state index in [1.54, 1.807) is 6.07 Å². The van der Waals surface area contributed by atoms with E-state index in [4.69, 9.17) is 15.2 Å². The van der Waals surface area contributed by atoms with Crippen molar-refractivity contribution in [3.05, 3.63) is 29.6 Å². The molecule has 13 heavy (non-hydrogen) atoms. The molecule has 0 atom stereocenters. The van der Waals surface area contributed by atoms with Crippen molar-refractivity contribution < 1.29 is 19.5 Å². The Morgan fingerprint density at radius 3 is 2.54 bits per heavy atom. The molecular weight excluding hydrogens is 174 g/mol. The molecular formula is C8H10BFO3. The van der Waals surface area contributed by atoms with Crippen LogP contribution in [-0.4, -0.2) is 28.9 Å². The minimum Gasteiger partial charge on any atom is -0.423 e. The van der Waals surface area contributed by atoms with Crippen molar-refractivity contribution in [2.75, 3.05) is 6.61 Å². The van der Waals surface area contributed by atoms with Crippen LogP contribution in [0.2, 0.25) is 0 Å². The molecule has 5 heteroatoms. The second-order valence-electron chi connectivity index (χ2n) is 2.66. The number of hydrogen-bond donors (Lipinski definition) is 3. The van der Waals surface area contributed by atoms with Crippen molar-refractivity contribution in [3.8, 4) is 0 Å². The monoisotopic (exact) mass is 184 g/mol. The maximum atomic E-state index is 13.0. The van der Waals surface area contributed by atoms with Gasteiger partial charge in [0, 0.05) is 12.1 Å². The predicted octanol–water partition coefficient (Wildman–Crippen LogP) is -0.960. The normalized spacial score (nSPS) is 10.2. The fourth-order valence-electron chi connectivity index (χ4n) is 1.21. The van der Waals surface area contributed by atoms with Crippen molar-refractivity contribution in [1.29, 1.82) is 0 Å². The van der Waals surface area contributed by atoms with Crippen LogP contribution in [0.4, 0.5) is 4.39 Å². The summed E-state index contributed by atoms with van der Waals surface area (Å²) in [7, 11) is -1.83. The third kappa shape index (κ3) is 2.27. The molecule has 1 aromatic carbocycles. The van der Waals surface area contributed by atoms with Crippen LogP contribution in [0.1, 0.15) is 5.56 Å². The highest BCUT2D eigenvalue weighted by atomic mass is 19.1. The van der Waals surface area contributed by atoms with Gasteiger partial charge in [0.2, 0.25) is 0 Å². The summed E-state index contributed by atoms with van der Waals surface area (Å²) in [5, 5.41) is 26.3. The molecule has 0 saturated heterocycles. The zero-order valence-electron chi connectivity index (χ0n) is 6.94. The highest BCUT2D eigenvalue weighted by Crippen LogP contribution is 2.02. The molecule has 3 nitrogen and oxygen atoms in total. The van der Waals surface area contributed by atoms with Crippen LogP contribution >= 0.6 is 0 Å². The van der Waals surface area contributed by atoms with Gasteiger partial charge in [-0.2, -0.15) is 0 Å². The van der Waals surface area contributed by atoms with Crippen LogP contribution in [0.15, 0.2) is 18.2 Å². The van der Waals surface area contributed by atoms with Gasteiger partial charge < -0.3 is 15.2 Å². The molecule has 0 spiro atoms. The smallest absolute Gasteiger partial charge is 0.423 e. The first-order valence-corrected chi connectivity index (χ1v) is 3.91. The van der Waals surface area contributed by atoms with Crippen molar-refractivity contribution in [1.82, 2.24) is 0 Å². The second kappa shape index (κ2) is 4.36. The van der Waals surface area contributed by atoms with Gasteiger partial charge in [-0.25, -0.2) is 4.39 Å². The summed E-state index contributed by atoms with van der Waals surface area (Å²) >= 11 is 0. The fourth-order valence-corrected chi connectivity index (χ4v) is 1.21. The average molecular weight is 184 g/mol. The van der Waals surface area contributed by atoms with Gasteiger partial charge in [0.05, 0.1) is 0 Å². The van der Waals surface area contributed by atoms with Crippen LogP contribution in [0.3, 0.4) is 0 Å². The molecule has 0 saturated carbocycles. The minimum absolute atomic E-state index is 0.150. The van der Waals surface area contributed by atoms with E-state index in [0.717, 1.165) is 6.07 Å². The summed E-state index contributed by atoms with van der Waals surface area (Å²) < 4.78 is 13.0. The van der Waals surface area contributed by atoms with E-state index < -0.39 is 12.9 Å². The Labute approximate surface area is 75.6 Å².